The topological polar surface area (TPSA) is 53.0 Å². The van der Waals surface area contributed by atoms with Crippen molar-refractivity contribution in [2.24, 2.45) is 11.3 Å². The van der Waals surface area contributed by atoms with Crippen molar-refractivity contribution < 1.29 is 14.6 Å². The van der Waals surface area contributed by atoms with E-state index in [2.05, 4.69) is 23.6 Å². The Kier molecular flexibility index (Phi) is 5.28. The minimum Gasteiger partial charge on any atom is -0.481 e. The number of likely N-dealkylation sites (tertiary alicyclic amines) is 1. The monoisotopic (exact) mass is 298 g/mol. The third-order valence-corrected chi connectivity index (χ3v) is 5.27. The van der Waals surface area contributed by atoms with Crippen LogP contribution in [-0.2, 0) is 9.53 Å². The Labute approximate surface area is 128 Å². The molecular formula is C16H30N2O3. The molecule has 0 saturated carbocycles. The van der Waals surface area contributed by atoms with Gasteiger partial charge in [0.1, 0.15) is 0 Å². The number of ether oxygens (including phenoxy) is 1. The van der Waals surface area contributed by atoms with Crippen LogP contribution >= 0.6 is 0 Å². The van der Waals surface area contributed by atoms with Crippen LogP contribution in [0, 0.1) is 11.3 Å². The maximum atomic E-state index is 11.7. The van der Waals surface area contributed by atoms with Crippen molar-refractivity contribution in [1.82, 2.24) is 9.80 Å². The van der Waals surface area contributed by atoms with Gasteiger partial charge in [0.25, 0.3) is 0 Å². The molecule has 0 aromatic rings. The minimum atomic E-state index is -0.645. The van der Waals surface area contributed by atoms with Crippen molar-refractivity contribution in [3.63, 3.8) is 0 Å². The van der Waals surface area contributed by atoms with E-state index in [9.17, 15) is 9.90 Å². The van der Waals surface area contributed by atoms with Crippen molar-refractivity contribution in [1.29, 1.82) is 0 Å². The highest BCUT2D eigenvalue weighted by Gasteiger charge is 2.47. The second-order valence-electron chi connectivity index (χ2n) is 7.18. The number of carboxylic acid groups (broad SMARTS) is 1. The maximum Gasteiger partial charge on any atom is 0.311 e. The van der Waals surface area contributed by atoms with Gasteiger partial charge in [-0.2, -0.15) is 0 Å². The average molecular weight is 298 g/mol. The fraction of sp³-hybridized carbons (Fsp3) is 0.938. The number of morpholine rings is 1. The van der Waals surface area contributed by atoms with Crippen LogP contribution < -0.4 is 0 Å². The summed E-state index contributed by atoms with van der Waals surface area (Å²) in [7, 11) is 0. The van der Waals surface area contributed by atoms with Gasteiger partial charge in [-0.1, -0.05) is 13.8 Å². The van der Waals surface area contributed by atoms with Crippen molar-refractivity contribution in [3.8, 4) is 0 Å². The van der Waals surface area contributed by atoms with Gasteiger partial charge in [-0.05, 0) is 32.7 Å². The molecule has 0 bridgehead atoms. The van der Waals surface area contributed by atoms with Gasteiger partial charge in [-0.25, -0.2) is 0 Å². The highest BCUT2D eigenvalue weighted by atomic mass is 16.5. The highest BCUT2D eigenvalue weighted by Crippen LogP contribution is 2.38. The van der Waals surface area contributed by atoms with Crippen LogP contribution in [0.15, 0.2) is 0 Å². The summed E-state index contributed by atoms with van der Waals surface area (Å²) >= 11 is 0. The summed E-state index contributed by atoms with van der Waals surface area (Å²) in [5, 5.41) is 9.61. The highest BCUT2D eigenvalue weighted by molar-refractivity contribution is 5.75. The van der Waals surface area contributed by atoms with Gasteiger partial charge in [-0.15, -0.1) is 0 Å². The van der Waals surface area contributed by atoms with Crippen LogP contribution in [0.25, 0.3) is 0 Å². The number of rotatable bonds is 5. The lowest BCUT2D eigenvalue weighted by Gasteiger charge is -2.37. The zero-order valence-corrected chi connectivity index (χ0v) is 13.8. The van der Waals surface area contributed by atoms with Crippen LogP contribution in [0.2, 0.25) is 0 Å². The molecule has 5 heteroatoms. The number of carboxylic acids is 1. The van der Waals surface area contributed by atoms with E-state index in [1.807, 2.05) is 13.8 Å². The first kappa shape index (κ1) is 16.7. The molecule has 0 spiro atoms. The van der Waals surface area contributed by atoms with Gasteiger partial charge in [0.05, 0.1) is 18.1 Å². The Balaban J connectivity index is 1.91. The van der Waals surface area contributed by atoms with E-state index < -0.39 is 11.4 Å². The lowest BCUT2D eigenvalue weighted by atomic mass is 9.76. The number of carbonyl (C=O) groups is 1. The fourth-order valence-electron chi connectivity index (χ4n) is 3.57. The molecule has 2 atom stereocenters. The fourth-order valence-corrected chi connectivity index (χ4v) is 3.57. The molecule has 1 N–H and O–H groups in total. The molecular weight excluding hydrogens is 268 g/mol. The van der Waals surface area contributed by atoms with E-state index in [4.69, 9.17) is 4.74 Å². The number of hydrogen-bond acceptors (Lipinski definition) is 4. The Morgan fingerprint density at radius 2 is 2.05 bits per heavy atom. The molecule has 2 rings (SSSR count). The Hall–Kier alpha value is -0.650. The van der Waals surface area contributed by atoms with Crippen molar-refractivity contribution in [3.05, 3.63) is 0 Å². The smallest absolute Gasteiger partial charge is 0.311 e. The normalized spacial score (nSPS) is 32.2. The molecule has 2 fully saturated rings. The second-order valence-corrected chi connectivity index (χ2v) is 7.18. The largest absolute Gasteiger partial charge is 0.481 e. The van der Waals surface area contributed by atoms with Crippen LogP contribution in [0.1, 0.15) is 34.1 Å². The third kappa shape index (κ3) is 3.58. The molecule has 0 amide bonds. The number of aliphatic carboxylic acids is 1. The van der Waals surface area contributed by atoms with E-state index in [-0.39, 0.29) is 12.0 Å². The zero-order chi connectivity index (χ0) is 15.6. The molecule has 2 aliphatic rings. The van der Waals surface area contributed by atoms with Crippen molar-refractivity contribution >= 4 is 5.97 Å². The molecule has 2 unspecified atom stereocenters. The van der Waals surface area contributed by atoms with E-state index in [1.54, 1.807) is 0 Å². The minimum absolute atomic E-state index is 0.166. The SMILES string of the molecule is CC(C)N1CCOC(CN2CCC(C(=O)O)(C(C)C)C2)C1. The maximum absolute atomic E-state index is 11.7. The molecule has 0 aliphatic carbocycles. The lowest BCUT2D eigenvalue weighted by molar-refractivity contribution is -0.151. The average Bonchev–Trinajstić information content (AvgIpc) is 2.84. The summed E-state index contributed by atoms with van der Waals surface area (Å²) in [6.07, 6.45) is 0.957. The number of nitrogens with zero attached hydrogens (tertiary/aromatic N) is 2. The van der Waals surface area contributed by atoms with Crippen LogP contribution in [0.3, 0.4) is 0 Å². The lowest BCUT2D eigenvalue weighted by Crippen LogP contribution is -2.50. The Bertz CT molecular complexity index is 373. The van der Waals surface area contributed by atoms with Gasteiger partial charge >= 0.3 is 5.97 Å². The summed E-state index contributed by atoms with van der Waals surface area (Å²) in [4.78, 5) is 16.4. The van der Waals surface area contributed by atoms with Gasteiger partial charge in [0, 0.05) is 32.2 Å². The molecule has 2 aliphatic heterocycles. The Morgan fingerprint density at radius 3 is 2.57 bits per heavy atom. The summed E-state index contributed by atoms with van der Waals surface area (Å²) in [5.41, 5.74) is -0.577. The van der Waals surface area contributed by atoms with Gasteiger partial charge in [-0.3, -0.25) is 14.6 Å². The van der Waals surface area contributed by atoms with E-state index >= 15 is 0 Å². The molecule has 122 valence electrons. The quantitative estimate of drug-likeness (QED) is 0.834. The third-order valence-electron chi connectivity index (χ3n) is 5.27. The molecule has 5 nitrogen and oxygen atoms in total. The van der Waals surface area contributed by atoms with E-state index in [1.165, 1.54) is 0 Å². The summed E-state index contributed by atoms with van der Waals surface area (Å²) in [6.45, 7) is 13.6. The van der Waals surface area contributed by atoms with E-state index in [0.29, 0.717) is 12.6 Å². The van der Waals surface area contributed by atoms with Crippen molar-refractivity contribution in [2.45, 2.75) is 46.3 Å². The van der Waals surface area contributed by atoms with Crippen LogP contribution in [0.4, 0.5) is 0 Å². The predicted molar refractivity (Wildman–Crippen MR) is 82.4 cm³/mol. The first-order chi connectivity index (χ1) is 9.85. The zero-order valence-electron chi connectivity index (χ0n) is 13.8. The summed E-state index contributed by atoms with van der Waals surface area (Å²) < 4.78 is 5.88. The van der Waals surface area contributed by atoms with Crippen LogP contribution in [-0.4, -0.2) is 72.4 Å². The van der Waals surface area contributed by atoms with Gasteiger partial charge in [0.15, 0.2) is 0 Å². The summed E-state index contributed by atoms with van der Waals surface area (Å²) in [5.74, 6) is -0.479. The van der Waals surface area contributed by atoms with Crippen molar-refractivity contribution in [2.75, 3.05) is 39.3 Å². The molecule has 0 aromatic carbocycles. The van der Waals surface area contributed by atoms with Gasteiger partial charge < -0.3 is 9.84 Å². The predicted octanol–water partition coefficient (Wildman–Crippen LogP) is 1.53. The van der Waals surface area contributed by atoms with Crippen LogP contribution in [0.5, 0.6) is 0 Å². The standard InChI is InChI=1S/C16H30N2O3/c1-12(2)16(15(19)20)5-6-17(11-16)9-14-10-18(13(3)4)7-8-21-14/h12-14H,5-11H2,1-4H3,(H,19,20). The molecule has 0 aromatic heterocycles. The molecule has 2 heterocycles. The number of hydrogen-bond donors (Lipinski definition) is 1. The summed E-state index contributed by atoms with van der Waals surface area (Å²) in [6, 6.07) is 0.545. The van der Waals surface area contributed by atoms with Gasteiger partial charge in [0.2, 0.25) is 0 Å². The molecule has 0 radical (unpaired) electrons. The first-order valence-electron chi connectivity index (χ1n) is 8.16. The first-order valence-corrected chi connectivity index (χ1v) is 8.16. The molecule has 21 heavy (non-hydrogen) atoms. The second kappa shape index (κ2) is 6.63. The Morgan fingerprint density at radius 1 is 1.33 bits per heavy atom. The van der Waals surface area contributed by atoms with E-state index in [0.717, 1.165) is 39.2 Å². The molecule has 2 saturated heterocycles.